The van der Waals surface area contributed by atoms with E-state index in [0.717, 1.165) is 5.56 Å². The number of Topliss-reactive ketones (excluding diaryl/α,β-unsaturated/α-hetero) is 1. The summed E-state index contributed by atoms with van der Waals surface area (Å²) in [6.07, 6.45) is -0.467. The molecular weight excluding hydrogens is 152 g/mol. The topological polar surface area (TPSA) is 37.3 Å². The Morgan fingerprint density at radius 3 is 2.17 bits per heavy atom. The molecule has 0 saturated heterocycles. The summed E-state index contributed by atoms with van der Waals surface area (Å²) in [5.74, 6) is 0.0483. The highest BCUT2D eigenvalue weighted by Gasteiger charge is 2.01. The molecule has 0 bridgehead atoms. The molecule has 1 atom stereocenters. The van der Waals surface area contributed by atoms with Gasteiger partial charge in [-0.25, -0.2) is 0 Å². The number of hydrogen-bond donors (Lipinski definition) is 1. The lowest BCUT2D eigenvalue weighted by Crippen LogP contribution is -1.94. The molecule has 12 heavy (non-hydrogen) atoms. The van der Waals surface area contributed by atoms with Crippen LogP contribution < -0.4 is 0 Å². The van der Waals surface area contributed by atoms with Crippen LogP contribution in [0.2, 0.25) is 0 Å². The van der Waals surface area contributed by atoms with Crippen molar-refractivity contribution in [3.05, 3.63) is 35.4 Å². The zero-order valence-corrected chi connectivity index (χ0v) is 7.24. The van der Waals surface area contributed by atoms with Crippen molar-refractivity contribution in [3.63, 3.8) is 0 Å². The van der Waals surface area contributed by atoms with Crippen LogP contribution in [0.5, 0.6) is 0 Å². The second-order valence-corrected chi connectivity index (χ2v) is 2.85. The number of carbonyl (C=O) groups excluding carboxylic acids is 1. The third-order valence-corrected chi connectivity index (χ3v) is 1.80. The second kappa shape index (κ2) is 3.50. The standard InChI is InChI=1S/C10H12O2/c1-7(11)9-3-5-10(6-4-9)8(2)12/h3-7,11H,1-2H3/t7-/m0/s1. The number of aliphatic hydroxyl groups is 1. The fourth-order valence-corrected chi connectivity index (χ4v) is 0.996. The van der Waals surface area contributed by atoms with E-state index in [2.05, 4.69) is 0 Å². The van der Waals surface area contributed by atoms with E-state index in [9.17, 15) is 4.79 Å². The van der Waals surface area contributed by atoms with E-state index in [1.165, 1.54) is 6.92 Å². The molecule has 1 aromatic rings. The number of benzene rings is 1. The van der Waals surface area contributed by atoms with Crippen LogP contribution in [0, 0.1) is 0 Å². The fourth-order valence-electron chi connectivity index (χ4n) is 0.996. The molecule has 0 unspecified atom stereocenters. The lowest BCUT2D eigenvalue weighted by molar-refractivity contribution is 0.101. The van der Waals surface area contributed by atoms with Gasteiger partial charge in [0.1, 0.15) is 0 Å². The predicted octanol–water partition coefficient (Wildman–Crippen LogP) is 1.94. The molecule has 2 nitrogen and oxygen atoms in total. The van der Waals surface area contributed by atoms with Crippen LogP contribution >= 0.6 is 0 Å². The molecule has 0 spiro atoms. The predicted molar refractivity (Wildman–Crippen MR) is 47.1 cm³/mol. The molecule has 64 valence electrons. The SMILES string of the molecule is CC(=O)c1ccc([C@H](C)O)cc1. The number of ketones is 1. The van der Waals surface area contributed by atoms with Crippen LogP contribution in [0.1, 0.15) is 35.9 Å². The fraction of sp³-hybridized carbons (Fsp3) is 0.300. The van der Waals surface area contributed by atoms with Gasteiger partial charge in [0.25, 0.3) is 0 Å². The molecule has 2 heteroatoms. The summed E-state index contributed by atoms with van der Waals surface area (Å²) >= 11 is 0. The minimum atomic E-state index is -0.467. The first kappa shape index (κ1) is 8.94. The van der Waals surface area contributed by atoms with Gasteiger partial charge in [-0.2, -0.15) is 0 Å². The van der Waals surface area contributed by atoms with Crippen LogP contribution in [-0.4, -0.2) is 10.9 Å². The Morgan fingerprint density at radius 2 is 1.83 bits per heavy atom. The molecule has 0 amide bonds. The van der Waals surface area contributed by atoms with Gasteiger partial charge < -0.3 is 5.11 Å². The minimum Gasteiger partial charge on any atom is -0.389 e. The van der Waals surface area contributed by atoms with Gasteiger partial charge in [-0.05, 0) is 19.4 Å². The third-order valence-electron chi connectivity index (χ3n) is 1.80. The largest absolute Gasteiger partial charge is 0.389 e. The highest BCUT2D eigenvalue weighted by atomic mass is 16.3. The van der Waals surface area contributed by atoms with Gasteiger partial charge in [-0.15, -0.1) is 0 Å². The summed E-state index contributed by atoms with van der Waals surface area (Å²) in [5, 5.41) is 9.17. The van der Waals surface area contributed by atoms with Crippen molar-refractivity contribution >= 4 is 5.78 Å². The summed E-state index contributed by atoms with van der Waals surface area (Å²) in [4.78, 5) is 10.9. The Balaban J connectivity index is 2.93. The molecule has 1 rings (SSSR count). The van der Waals surface area contributed by atoms with Crippen molar-refractivity contribution in [2.45, 2.75) is 20.0 Å². The Kier molecular flexibility index (Phi) is 2.61. The molecule has 0 saturated carbocycles. The quantitative estimate of drug-likeness (QED) is 0.678. The van der Waals surface area contributed by atoms with Crippen molar-refractivity contribution in [1.82, 2.24) is 0 Å². The van der Waals surface area contributed by atoms with Gasteiger partial charge in [0.05, 0.1) is 6.10 Å². The van der Waals surface area contributed by atoms with Crippen molar-refractivity contribution in [2.24, 2.45) is 0 Å². The maximum absolute atomic E-state index is 10.9. The van der Waals surface area contributed by atoms with E-state index in [-0.39, 0.29) is 5.78 Å². The van der Waals surface area contributed by atoms with E-state index < -0.39 is 6.10 Å². The lowest BCUT2D eigenvalue weighted by atomic mass is 10.1. The van der Waals surface area contributed by atoms with Crippen molar-refractivity contribution in [2.75, 3.05) is 0 Å². The van der Waals surface area contributed by atoms with E-state index in [1.54, 1.807) is 31.2 Å². The Morgan fingerprint density at radius 1 is 1.33 bits per heavy atom. The van der Waals surface area contributed by atoms with Crippen LogP contribution in [-0.2, 0) is 0 Å². The summed E-state index contributed by atoms with van der Waals surface area (Å²) in [6, 6.07) is 6.98. The maximum atomic E-state index is 10.9. The first-order chi connectivity index (χ1) is 5.61. The van der Waals surface area contributed by atoms with Crippen LogP contribution in [0.25, 0.3) is 0 Å². The number of carbonyl (C=O) groups is 1. The minimum absolute atomic E-state index is 0.0483. The molecule has 0 fully saturated rings. The van der Waals surface area contributed by atoms with Crippen molar-refractivity contribution < 1.29 is 9.90 Å². The van der Waals surface area contributed by atoms with Gasteiger partial charge in [0, 0.05) is 5.56 Å². The summed E-state index contributed by atoms with van der Waals surface area (Å²) in [7, 11) is 0. The van der Waals surface area contributed by atoms with E-state index >= 15 is 0 Å². The van der Waals surface area contributed by atoms with Crippen molar-refractivity contribution in [1.29, 1.82) is 0 Å². The molecule has 0 heterocycles. The zero-order valence-electron chi connectivity index (χ0n) is 7.24. The lowest BCUT2D eigenvalue weighted by Gasteiger charge is -2.03. The number of aliphatic hydroxyl groups excluding tert-OH is 1. The maximum Gasteiger partial charge on any atom is 0.159 e. The number of hydrogen-bond acceptors (Lipinski definition) is 2. The van der Waals surface area contributed by atoms with Gasteiger partial charge >= 0.3 is 0 Å². The van der Waals surface area contributed by atoms with Gasteiger partial charge in [-0.1, -0.05) is 24.3 Å². The Labute approximate surface area is 71.8 Å². The molecule has 1 N–H and O–H groups in total. The highest BCUT2D eigenvalue weighted by molar-refractivity contribution is 5.93. The van der Waals surface area contributed by atoms with Crippen LogP contribution in [0.3, 0.4) is 0 Å². The van der Waals surface area contributed by atoms with Gasteiger partial charge in [-0.3, -0.25) is 4.79 Å². The van der Waals surface area contributed by atoms with Crippen LogP contribution in [0.4, 0.5) is 0 Å². The average Bonchev–Trinajstić information content (AvgIpc) is 2.04. The molecule has 0 aliphatic carbocycles. The molecular formula is C10H12O2. The van der Waals surface area contributed by atoms with E-state index in [1.807, 2.05) is 0 Å². The molecule has 1 aromatic carbocycles. The first-order valence-electron chi connectivity index (χ1n) is 3.90. The van der Waals surface area contributed by atoms with Crippen LogP contribution in [0.15, 0.2) is 24.3 Å². The summed E-state index contributed by atoms with van der Waals surface area (Å²) in [6.45, 7) is 3.22. The molecule has 0 aliphatic heterocycles. The Hall–Kier alpha value is -1.15. The Bertz CT molecular complexity index is 272. The molecule has 0 aliphatic rings. The molecule has 0 radical (unpaired) electrons. The smallest absolute Gasteiger partial charge is 0.159 e. The van der Waals surface area contributed by atoms with Gasteiger partial charge in [0.2, 0.25) is 0 Å². The monoisotopic (exact) mass is 164 g/mol. The first-order valence-corrected chi connectivity index (χ1v) is 3.90. The van der Waals surface area contributed by atoms with E-state index in [0.29, 0.717) is 5.56 Å². The third kappa shape index (κ3) is 1.92. The second-order valence-electron chi connectivity index (χ2n) is 2.85. The normalized spacial score (nSPS) is 12.6. The van der Waals surface area contributed by atoms with Gasteiger partial charge in [0.15, 0.2) is 5.78 Å². The highest BCUT2D eigenvalue weighted by Crippen LogP contribution is 2.12. The van der Waals surface area contributed by atoms with E-state index in [4.69, 9.17) is 5.11 Å². The number of rotatable bonds is 2. The molecule has 0 aromatic heterocycles. The summed E-state index contributed by atoms with van der Waals surface area (Å²) < 4.78 is 0. The van der Waals surface area contributed by atoms with Crippen molar-refractivity contribution in [3.8, 4) is 0 Å². The zero-order chi connectivity index (χ0) is 9.14. The average molecular weight is 164 g/mol. The summed E-state index contributed by atoms with van der Waals surface area (Å²) in [5.41, 5.74) is 1.51.